The molecular weight excluding hydrogens is 430 g/mol. The Morgan fingerprint density at radius 1 is 1.17 bits per heavy atom. The second-order valence-electron chi connectivity index (χ2n) is 10.5. The van der Waals surface area contributed by atoms with Crippen molar-refractivity contribution in [2.24, 2.45) is 17.3 Å². The number of carbonyl (C=O) groups excluding carboxylic acids is 1. The van der Waals surface area contributed by atoms with Crippen molar-refractivity contribution in [3.05, 3.63) is 30.2 Å². The average molecular weight is 458 g/mol. The van der Waals surface area contributed by atoms with Gasteiger partial charge in [-0.05, 0) is 56.4 Å². The van der Waals surface area contributed by atoms with E-state index < -0.39 is 0 Å². The summed E-state index contributed by atoms with van der Waals surface area (Å²) in [5, 5.41) is 7.97. The summed E-state index contributed by atoms with van der Waals surface area (Å²) in [5.74, 6) is 2.59. The molecule has 2 aromatic rings. The molecule has 4 aliphatic carbocycles. The SMILES string of the molecule is CC(C)(C)c1cc(NC(=O)C23CC4CC(CC(Br)(C4)C2)C3)n(-c2ncccn2)n1. The van der Waals surface area contributed by atoms with Gasteiger partial charge in [0.25, 0.3) is 5.95 Å². The zero-order valence-electron chi connectivity index (χ0n) is 17.3. The molecule has 0 saturated heterocycles. The standard InChI is InChI=1S/C22H28BrN5O/c1-20(2,3)16-8-17(28(27-16)19-24-5-4-6-25-19)26-18(29)21-9-14-7-15(10-21)12-22(23,11-14)13-21/h4-6,8,14-15H,7,9-13H2,1-3H3,(H,26,29). The second kappa shape index (κ2) is 6.37. The van der Waals surface area contributed by atoms with Gasteiger partial charge in [0.15, 0.2) is 0 Å². The largest absolute Gasteiger partial charge is 0.310 e. The van der Waals surface area contributed by atoms with E-state index in [1.54, 1.807) is 23.1 Å². The smallest absolute Gasteiger partial charge is 0.252 e. The van der Waals surface area contributed by atoms with Crippen LogP contribution in [-0.2, 0) is 10.2 Å². The summed E-state index contributed by atoms with van der Waals surface area (Å²) in [4.78, 5) is 22.3. The molecule has 1 amide bonds. The number of alkyl halides is 1. The van der Waals surface area contributed by atoms with Crippen LogP contribution in [0.2, 0.25) is 0 Å². The molecule has 1 N–H and O–H groups in total. The predicted octanol–water partition coefficient (Wildman–Crippen LogP) is 4.63. The lowest BCUT2D eigenvalue weighted by Gasteiger charge is -2.59. The number of nitrogens with one attached hydrogen (secondary N) is 1. The highest BCUT2D eigenvalue weighted by Gasteiger charge is 2.59. The van der Waals surface area contributed by atoms with Gasteiger partial charge >= 0.3 is 0 Å². The molecule has 6 nitrogen and oxygen atoms in total. The third-order valence-electron chi connectivity index (χ3n) is 6.93. The number of hydrogen-bond donors (Lipinski definition) is 1. The molecule has 0 aromatic carbocycles. The van der Waals surface area contributed by atoms with Gasteiger partial charge in [-0.15, -0.1) is 0 Å². The van der Waals surface area contributed by atoms with Gasteiger partial charge in [0.2, 0.25) is 5.91 Å². The van der Waals surface area contributed by atoms with Gasteiger partial charge in [-0.25, -0.2) is 9.97 Å². The molecule has 4 bridgehead atoms. The lowest BCUT2D eigenvalue weighted by molar-refractivity contribution is -0.138. The summed E-state index contributed by atoms with van der Waals surface area (Å²) >= 11 is 4.01. The van der Waals surface area contributed by atoms with Crippen LogP contribution in [0.1, 0.15) is 65.0 Å². The Bertz CT molecular complexity index is 934. The highest BCUT2D eigenvalue weighted by atomic mass is 79.9. The van der Waals surface area contributed by atoms with E-state index in [-0.39, 0.29) is 21.1 Å². The topological polar surface area (TPSA) is 72.7 Å². The van der Waals surface area contributed by atoms with Crippen LogP contribution in [0.3, 0.4) is 0 Å². The van der Waals surface area contributed by atoms with E-state index in [1.807, 2.05) is 6.07 Å². The lowest BCUT2D eigenvalue weighted by atomic mass is 9.49. The Hall–Kier alpha value is -1.76. The summed E-state index contributed by atoms with van der Waals surface area (Å²) < 4.78 is 1.82. The number of amides is 1. The fourth-order valence-electron chi connectivity index (χ4n) is 6.06. The van der Waals surface area contributed by atoms with Gasteiger partial charge in [-0.2, -0.15) is 9.78 Å². The number of halogens is 1. The molecule has 154 valence electrons. The van der Waals surface area contributed by atoms with Gasteiger partial charge in [0.05, 0.1) is 11.1 Å². The van der Waals surface area contributed by atoms with Crippen molar-refractivity contribution in [1.29, 1.82) is 0 Å². The van der Waals surface area contributed by atoms with E-state index in [1.165, 1.54) is 19.3 Å². The van der Waals surface area contributed by atoms with Gasteiger partial charge in [0.1, 0.15) is 5.82 Å². The van der Waals surface area contributed by atoms with Crippen molar-refractivity contribution in [2.75, 3.05) is 5.32 Å². The van der Waals surface area contributed by atoms with Gasteiger partial charge in [-0.3, -0.25) is 4.79 Å². The molecule has 4 aliphatic rings. The third-order valence-corrected chi connectivity index (χ3v) is 7.86. The van der Waals surface area contributed by atoms with Crippen LogP contribution >= 0.6 is 15.9 Å². The summed E-state index contributed by atoms with van der Waals surface area (Å²) in [5.41, 5.74) is 0.491. The van der Waals surface area contributed by atoms with E-state index in [9.17, 15) is 4.79 Å². The van der Waals surface area contributed by atoms with Crippen LogP contribution < -0.4 is 5.32 Å². The summed E-state index contributed by atoms with van der Waals surface area (Å²) in [6.45, 7) is 6.35. The number of nitrogens with zero attached hydrogens (tertiary/aromatic N) is 4. The molecule has 0 radical (unpaired) electrons. The zero-order valence-corrected chi connectivity index (χ0v) is 18.9. The molecule has 6 rings (SSSR count). The van der Waals surface area contributed by atoms with Gasteiger partial charge in [-0.1, -0.05) is 36.7 Å². The maximum Gasteiger partial charge on any atom is 0.252 e. The monoisotopic (exact) mass is 457 g/mol. The molecular formula is C22H28BrN5O. The van der Waals surface area contributed by atoms with Crippen molar-refractivity contribution >= 4 is 27.7 Å². The number of rotatable bonds is 3. The van der Waals surface area contributed by atoms with Crippen LogP contribution in [0.15, 0.2) is 24.5 Å². The first-order valence-corrected chi connectivity index (χ1v) is 11.3. The Kier molecular flexibility index (Phi) is 4.22. The molecule has 0 spiro atoms. The van der Waals surface area contributed by atoms with Crippen molar-refractivity contribution in [2.45, 2.75) is 69.0 Å². The highest BCUT2D eigenvalue weighted by molar-refractivity contribution is 9.10. The molecule has 2 aromatic heterocycles. The van der Waals surface area contributed by atoms with Gasteiger partial charge in [0, 0.05) is 28.2 Å². The van der Waals surface area contributed by atoms with E-state index in [0.29, 0.717) is 23.6 Å². The van der Waals surface area contributed by atoms with E-state index in [2.05, 4.69) is 52.0 Å². The zero-order chi connectivity index (χ0) is 20.4. The minimum Gasteiger partial charge on any atom is -0.310 e. The fourth-order valence-corrected chi connectivity index (χ4v) is 7.51. The highest BCUT2D eigenvalue weighted by Crippen LogP contribution is 2.64. The molecule has 29 heavy (non-hydrogen) atoms. The first-order chi connectivity index (χ1) is 13.7. The quantitative estimate of drug-likeness (QED) is 0.681. The summed E-state index contributed by atoms with van der Waals surface area (Å²) in [6.07, 6.45) is 10.0. The number of carbonyl (C=O) groups is 1. The molecule has 2 unspecified atom stereocenters. The van der Waals surface area contributed by atoms with E-state index >= 15 is 0 Å². The first kappa shape index (κ1) is 19.2. The van der Waals surface area contributed by atoms with E-state index in [4.69, 9.17) is 5.10 Å². The van der Waals surface area contributed by atoms with Crippen LogP contribution in [0, 0.1) is 17.3 Å². The summed E-state index contributed by atoms with van der Waals surface area (Å²) in [6, 6.07) is 3.75. The lowest BCUT2D eigenvalue weighted by Crippen LogP contribution is -2.57. The number of anilines is 1. The molecule has 4 saturated carbocycles. The fraction of sp³-hybridized carbons (Fsp3) is 0.636. The predicted molar refractivity (Wildman–Crippen MR) is 115 cm³/mol. The van der Waals surface area contributed by atoms with Crippen molar-refractivity contribution < 1.29 is 4.79 Å². The molecule has 0 aliphatic heterocycles. The van der Waals surface area contributed by atoms with Crippen LogP contribution in [-0.4, -0.2) is 30.0 Å². The maximum atomic E-state index is 13.6. The van der Waals surface area contributed by atoms with Crippen molar-refractivity contribution in [3.8, 4) is 5.95 Å². The van der Waals surface area contributed by atoms with Gasteiger partial charge < -0.3 is 5.32 Å². The second-order valence-corrected chi connectivity index (χ2v) is 12.2. The van der Waals surface area contributed by atoms with E-state index in [0.717, 1.165) is 25.0 Å². The van der Waals surface area contributed by atoms with Crippen LogP contribution in [0.25, 0.3) is 5.95 Å². The first-order valence-electron chi connectivity index (χ1n) is 10.5. The Labute approximate surface area is 180 Å². The Morgan fingerprint density at radius 3 is 2.41 bits per heavy atom. The molecule has 2 atom stereocenters. The van der Waals surface area contributed by atoms with Crippen molar-refractivity contribution in [1.82, 2.24) is 19.7 Å². The van der Waals surface area contributed by atoms with Crippen LogP contribution in [0.5, 0.6) is 0 Å². The maximum absolute atomic E-state index is 13.6. The normalized spacial score (nSPS) is 33.1. The number of aromatic nitrogens is 4. The third kappa shape index (κ3) is 3.31. The molecule has 2 heterocycles. The molecule has 4 fully saturated rings. The molecule has 7 heteroatoms. The average Bonchev–Trinajstić information content (AvgIpc) is 3.04. The Balaban J connectivity index is 1.49. The van der Waals surface area contributed by atoms with Crippen molar-refractivity contribution in [3.63, 3.8) is 0 Å². The van der Waals surface area contributed by atoms with Crippen LogP contribution in [0.4, 0.5) is 5.82 Å². The minimum atomic E-state index is -0.276. The number of hydrogen-bond acceptors (Lipinski definition) is 4. The summed E-state index contributed by atoms with van der Waals surface area (Å²) in [7, 11) is 0. The minimum absolute atomic E-state index is 0.132. The Morgan fingerprint density at radius 2 is 1.83 bits per heavy atom.